The molecule has 2 amide bonds. The van der Waals surface area contributed by atoms with E-state index in [-0.39, 0.29) is 25.0 Å². The summed E-state index contributed by atoms with van der Waals surface area (Å²) in [5.41, 5.74) is -0.120. The predicted octanol–water partition coefficient (Wildman–Crippen LogP) is 2.06. The van der Waals surface area contributed by atoms with Gasteiger partial charge in [-0.3, -0.25) is 9.59 Å². The van der Waals surface area contributed by atoms with Gasteiger partial charge in [-0.2, -0.15) is 0 Å². The molecule has 30 heavy (non-hydrogen) atoms. The smallest absolute Gasteiger partial charge is 0.260 e. The molecule has 2 N–H and O–H groups in total. The zero-order valence-electron chi connectivity index (χ0n) is 17.9. The Morgan fingerprint density at radius 1 is 1.10 bits per heavy atom. The molecule has 2 heterocycles. The second kappa shape index (κ2) is 10.3. The van der Waals surface area contributed by atoms with E-state index in [2.05, 4.69) is 0 Å². The number of aliphatic hydroxyl groups is 2. The molecule has 7 heteroatoms. The molecule has 166 valence electrons. The zero-order valence-corrected chi connectivity index (χ0v) is 17.9. The first-order chi connectivity index (χ1) is 14.5. The van der Waals surface area contributed by atoms with Crippen molar-refractivity contribution >= 4 is 11.8 Å². The van der Waals surface area contributed by atoms with E-state index >= 15 is 0 Å². The Morgan fingerprint density at radius 3 is 2.43 bits per heavy atom. The van der Waals surface area contributed by atoms with Crippen molar-refractivity contribution in [2.45, 2.75) is 51.6 Å². The summed E-state index contributed by atoms with van der Waals surface area (Å²) in [4.78, 5) is 28.7. The maximum atomic E-state index is 13.0. The molecule has 0 unspecified atom stereocenters. The van der Waals surface area contributed by atoms with Crippen molar-refractivity contribution in [3.05, 3.63) is 29.8 Å². The molecule has 0 spiro atoms. The Balaban J connectivity index is 1.57. The summed E-state index contributed by atoms with van der Waals surface area (Å²) < 4.78 is 5.62. The fourth-order valence-corrected chi connectivity index (χ4v) is 4.56. The van der Waals surface area contributed by atoms with Gasteiger partial charge in [-0.05, 0) is 56.4 Å². The highest BCUT2D eigenvalue weighted by atomic mass is 16.5. The van der Waals surface area contributed by atoms with Crippen LogP contribution in [0.25, 0.3) is 0 Å². The van der Waals surface area contributed by atoms with E-state index in [1.807, 2.05) is 11.8 Å². The minimum atomic E-state index is -0.652. The van der Waals surface area contributed by atoms with E-state index in [9.17, 15) is 19.8 Å². The molecule has 7 nitrogen and oxygen atoms in total. The standard InChI is InChI=1S/C23H34N2O5/c1-2-11-23(17-26)16-25(14-10-20(23)27)22(29)18-6-8-19(9-7-18)30-15-21(28)24-12-4-3-5-13-24/h6-9,20,26-27H,2-5,10-17H2,1H3/t20-,23-/m0/s1. The van der Waals surface area contributed by atoms with Crippen LogP contribution >= 0.6 is 0 Å². The van der Waals surface area contributed by atoms with Gasteiger partial charge in [0.05, 0.1) is 12.7 Å². The first-order valence-electron chi connectivity index (χ1n) is 11.1. The molecule has 2 fully saturated rings. The molecule has 1 aromatic rings. The molecular weight excluding hydrogens is 384 g/mol. The van der Waals surface area contributed by atoms with Gasteiger partial charge in [-0.25, -0.2) is 0 Å². The Kier molecular flexibility index (Phi) is 7.72. The average Bonchev–Trinajstić information content (AvgIpc) is 2.79. The number of likely N-dealkylation sites (tertiary alicyclic amines) is 2. The highest BCUT2D eigenvalue weighted by molar-refractivity contribution is 5.94. The van der Waals surface area contributed by atoms with Crippen molar-refractivity contribution in [1.82, 2.24) is 9.80 Å². The van der Waals surface area contributed by atoms with Crippen LogP contribution in [0.15, 0.2) is 24.3 Å². The largest absolute Gasteiger partial charge is 0.484 e. The lowest BCUT2D eigenvalue weighted by Gasteiger charge is -2.45. The molecule has 0 aliphatic carbocycles. The minimum Gasteiger partial charge on any atom is -0.484 e. The molecule has 0 saturated carbocycles. The number of benzene rings is 1. The summed E-state index contributed by atoms with van der Waals surface area (Å²) >= 11 is 0. The third-order valence-corrected chi connectivity index (χ3v) is 6.41. The van der Waals surface area contributed by atoms with Crippen LogP contribution in [-0.2, 0) is 4.79 Å². The summed E-state index contributed by atoms with van der Waals surface area (Å²) in [5.74, 6) is 0.437. The van der Waals surface area contributed by atoms with E-state index in [1.165, 1.54) is 6.42 Å². The third kappa shape index (κ3) is 5.13. The van der Waals surface area contributed by atoms with Crippen LogP contribution in [-0.4, -0.2) is 77.3 Å². The lowest BCUT2D eigenvalue weighted by atomic mass is 9.74. The van der Waals surface area contributed by atoms with Crippen molar-refractivity contribution in [3.63, 3.8) is 0 Å². The number of amides is 2. The second-order valence-electron chi connectivity index (χ2n) is 8.56. The van der Waals surface area contributed by atoms with Gasteiger partial charge in [0.25, 0.3) is 11.8 Å². The second-order valence-corrected chi connectivity index (χ2v) is 8.56. The topological polar surface area (TPSA) is 90.3 Å². The lowest BCUT2D eigenvalue weighted by molar-refractivity contribution is -0.134. The Hall–Kier alpha value is -2.12. The highest BCUT2D eigenvalue weighted by Gasteiger charge is 2.43. The van der Waals surface area contributed by atoms with Gasteiger partial charge in [-0.1, -0.05) is 13.3 Å². The number of carbonyl (C=O) groups excluding carboxylic acids is 2. The minimum absolute atomic E-state index is 0.00186. The van der Waals surface area contributed by atoms with Gasteiger partial charge in [-0.15, -0.1) is 0 Å². The molecule has 2 aliphatic rings. The van der Waals surface area contributed by atoms with E-state index in [0.717, 1.165) is 32.4 Å². The van der Waals surface area contributed by atoms with Gasteiger partial charge in [0.15, 0.2) is 6.61 Å². The molecule has 2 aliphatic heterocycles. The number of rotatable bonds is 7. The summed E-state index contributed by atoms with van der Waals surface area (Å²) in [6.45, 7) is 4.30. The van der Waals surface area contributed by atoms with Crippen molar-refractivity contribution in [1.29, 1.82) is 0 Å². The molecule has 1 aromatic carbocycles. The van der Waals surface area contributed by atoms with Gasteiger partial charge in [0.2, 0.25) is 0 Å². The molecule has 3 rings (SSSR count). The van der Waals surface area contributed by atoms with Crippen LogP contribution < -0.4 is 4.74 Å². The van der Waals surface area contributed by atoms with Gasteiger partial charge < -0.3 is 24.7 Å². The number of carbonyl (C=O) groups is 2. The molecule has 0 aromatic heterocycles. The molecule has 0 radical (unpaired) electrons. The maximum Gasteiger partial charge on any atom is 0.260 e. The summed E-state index contributed by atoms with van der Waals surface area (Å²) in [5, 5.41) is 20.3. The van der Waals surface area contributed by atoms with Crippen LogP contribution in [0.4, 0.5) is 0 Å². The van der Waals surface area contributed by atoms with E-state index in [1.54, 1.807) is 29.2 Å². The van der Waals surface area contributed by atoms with Crippen LogP contribution in [0.2, 0.25) is 0 Å². The summed E-state index contributed by atoms with van der Waals surface area (Å²) in [6.07, 6.45) is 4.64. The maximum absolute atomic E-state index is 13.0. The number of hydrogen-bond acceptors (Lipinski definition) is 5. The first kappa shape index (κ1) is 22.6. The van der Waals surface area contributed by atoms with Crippen molar-refractivity contribution in [2.75, 3.05) is 39.4 Å². The quantitative estimate of drug-likeness (QED) is 0.707. The monoisotopic (exact) mass is 418 g/mol. The summed E-state index contributed by atoms with van der Waals surface area (Å²) in [6, 6.07) is 6.82. The van der Waals surface area contributed by atoms with E-state index < -0.39 is 11.5 Å². The fourth-order valence-electron chi connectivity index (χ4n) is 4.56. The molecular formula is C23H34N2O5. The number of aliphatic hydroxyl groups excluding tert-OH is 2. The average molecular weight is 419 g/mol. The molecule has 2 atom stereocenters. The van der Waals surface area contributed by atoms with E-state index in [4.69, 9.17) is 4.74 Å². The van der Waals surface area contributed by atoms with Crippen LogP contribution in [0, 0.1) is 5.41 Å². The predicted molar refractivity (Wildman–Crippen MR) is 113 cm³/mol. The molecule has 0 bridgehead atoms. The Morgan fingerprint density at radius 2 is 1.80 bits per heavy atom. The van der Waals surface area contributed by atoms with Crippen LogP contribution in [0.3, 0.4) is 0 Å². The first-order valence-corrected chi connectivity index (χ1v) is 11.1. The number of piperidine rings is 2. The van der Waals surface area contributed by atoms with E-state index in [0.29, 0.717) is 37.2 Å². The fraction of sp³-hybridized carbons (Fsp3) is 0.652. The Labute approximate surface area is 178 Å². The van der Waals surface area contributed by atoms with Crippen LogP contribution in [0.5, 0.6) is 5.75 Å². The number of ether oxygens (including phenoxy) is 1. The summed E-state index contributed by atoms with van der Waals surface area (Å²) in [7, 11) is 0. The highest BCUT2D eigenvalue weighted by Crippen LogP contribution is 2.35. The normalized spacial score (nSPS) is 24.6. The van der Waals surface area contributed by atoms with Crippen molar-refractivity contribution in [3.8, 4) is 5.75 Å². The number of nitrogens with zero attached hydrogens (tertiary/aromatic N) is 2. The Bertz CT molecular complexity index is 717. The van der Waals surface area contributed by atoms with Gasteiger partial charge >= 0.3 is 0 Å². The third-order valence-electron chi connectivity index (χ3n) is 6.41. The van der Waals surface area contributed by atoms with Gasteiger partial charge in [0, 0.05) is 37.2 Å². The van der Waals surface area contributed by atoms with Crippen molar-refractivity contribution in [2.24, 2.45) is 5.41 Å². The van der Waals surface area contributed by atoms with Crippen molar-refractivity contribution < 1.29 is 24.5 Å². The number of hydrogen-bond donors (Lipinski definition) is 2. The SMILES string of the molecule is CCC[C@@]1(CO)CN(C(=O)c2ccc(OCC(=O)N3CCCCC3)cc2)CC[C@@H]1O. The molecule has 2 saturated heterocycles. The zero-order chi connectivity index (χ0) is 21.6. The van der Waals surface area contributed by atoms with Crippen LogP contribution in [0.1, 0.15) is 55.8 Å². The lowest BCUT2D eigenvalue weighted by Crippen LogP contribution is -2.55. The van der Waals surface area contributed by atoms with Gasteiger partial charge in [0.1, 0.15) is 5.75 Å².